The van der Waals surface area contributed by atoms with Crippen molar-refractivity contribution in [2.24, 2.45) is 5.41 Å². The average molecular weight is 299 g/mol. The molecule has 1 amide bonds. The van der Waals surface area contributed by atoms with Crippen LogP contribution in [0.1, 0.15) is 38.2 Å². The largest absolute Gasteiger partial charge is 0.416 e. The molecule has 0 aromatic heterocycles. The molecule has 0 heterocycles. The SMILES string of the molecule is CC(=O)C1(C(=O)Nc2ccc(C(F)(F)F)cc2)CCCC1. The normalized spacial score (nSPS) is 17.5. The average Bonchev–Trinajstić information content (AvgIpc) is 2.89. The number of hydrogen-bond acceptors (Lipinski definition) is 2. The topological polar surface area (TPSA) is 46.2 Å². The van der Waals surface area contributed by atoms with Crippen molar-refractivity contribution in [3.8, 4) is 0 Å². The Labute approximate surface area is 120 Å². The summed E-state index contributed by atoms with van der Waals surface area (Å²) in [7, 11) is 0. The van der Waals surface area contributed by atoms with Crippen LogP contribution in [0.4, 0.5) is 18.9 Å². The number of rotatable bonds is 3. The summed E-state index contributed by atoms with van der Waals surface area (Å²) in [5.74, 6) is -0.614. The number of alkyl halides is 3. The van der Waals surface area contributed by atoms with E-state index in [2.05, 4.69) is 5.32 Å². The van der Waals surface area contributed by atoms with Gasteiger partial charge < -0.3 is 5.32 Å². The first-order chi connectivity index (χ1) is 9.75. The highest BCUT2D eigenvalue weighted by Crippen LogP contribution is 2.40. The third-order valence-corrected chi connectivity index (χ3v) is 4.04. The number of Topliss-reactive ketones (excluding diaryl/α,β-unsaturated/α-hetero) is 1. The Kier molecular flexibility index (Phi) is 4.07. The first kappa shape index (κ1) is 15.5. The van der Waals surface area contributed by atoms with E-state index in [0.717, 1.165) is 25.0 Å². The molecule has 0 atom stereocenters. The number of benzene rings is 1. The number of carbonyl (C=O) groups is 2. The highest BCUT2D eigenvalue weighted by Gasteiger charge is 2.45. The zero-order chi connectivity index (χ0) is 15.7. The molecule has 1 aliphatic carbocycles. The molecule has 0 saturated heterocycles. The summed E-state index contributed by atoms with van der Waals surface area (Å²) in [6.45, 7) is 1.39. The fourth-order valence-corrected chi connectivity index (χ4v) is 2.71. The monoisotopic (exact) mass is 299 g/mol. The van der Waals surface area contributed by atoms with Gasteiger partial charge in [0.2, 0.25) is 5.91 Å². The molecular formula is C15H16F3NO2. The Bertz CT molecular complexity index is 543. The van der Waals surface area contributed by atoms with E-state index in [1.807, 2.05) is 0 Å². The molecule has 6 heteroatoms. The Morgan fingerprint density at radius 1 is 1.10 bits per heavy atom. The van der Waals surface area contributed by atoms with Crippen LogP contribution in [0.25, 0.3) is 0 Å². The first-order valence-electron chi connectivity index (χ1n) is 6.75. The van der Waals surface area contributed by atoms with Crippen molar-refractivity contribution in [1.29, 1.82) is 0 Å². The summed E-state index contributed by atoms with van der Waals surface area (Å²) >= 11 is 0. The van der Waals surface area contributed by atoms with Crippen LogP contribution in [0.5, 0.6) is 0 Å². The lowest BCUT2D eigenvalue weighted by Gasteiger charge is -2.24. The van der Waals surface area contributed by atoms with E-state index in [0.29, 0.717) is 12.8 Å². The molecule has 2 rings (SSSR count). The van der Waals surface area contributed by atoms with Crippen LogP contribution < -0.4 is 5.32 Å². The molecule has 0 unspecified atom stereocenters. The second-order valence-electron chi connectivity index (χ2n) is 5.37. The second kappa shape index (κ2) is 5.50. The van der Waals surface area contributed by atoms with Crippen LogP contribution in [0.15, 0.2) is 24.3 Å². The Morgan fingerprint density at radius 2 is 1.62 bits per heavy atom. The third-order valence-electron chi connectivity index (χ3n) is 4.04. The fourth-order valence-electron chi connectivity index (χ4n) is 2.71. The van der Waals surface area contributed by atoms with Crippen LogP contribution in [0, 0.1) is 5.41 Å². The maximum absolute atomic E-state index is 12.5. The van der Waals surface area contributed by atoms with Gasteiger partial charge in [-0.05, 0) is 44.0 Å². The molecule has 1 N–H and O–H groups in total. The number of amides is 1. The minimum atomic E-state index is -4.41. The van der Waals surface area contributed by atoms with Crippen molar-refractivity contribution in [3.05, 3.63) is 29.8 Å². The van der Waals surface area contributed by atoms with Crippen molar-refractivity contribution in [3.63, 3.8) is 0 Å². The maximum Gasteiger partial charge on any atom is 0.416 e. The summed E-state index contributed by atoms with van der Waals surface area (Å²) in [4.78, 5) is 24.1. The molecule has 1 saturated carbocycles. The molecule has 21 heavy (non-hydrogen) atoms. The number of halogens is 3. The van der Waals surface area contributed by atoms with Crippen LogP contribution in [0.3, 0.4) is 0 Å². The van der Waals surface area contributed by atoms with E-state index in [1.54, 1.807) is 0 Å². The molecule has 0 spiro atoms. The lowest BCUT2D eigenvalue weighted by atomic mass is 9.81. The molecule has 3 nitrogen and oxygen atoms in total. The van der Waals surface area contributed by atoms with E-state index in [4.69, 9.17) is 0 Å². The van der Waals surface area contributed by atoms with Gasteiger partial charge in [-0.15, -0.1) is 0 Å². The van der Waals surface area contributed by atoms with Gasteiger partial charge in [-0.1, -0.05) is 12.8 Å². The standard InChI is InChI=1S/C15H16F3NO2/c1-10(20)14(8-2-3-9-14)13(21)19-12-6-4-11(5-7-12)15(16,17)18/h4-7H,2-3,8-9H2,1H3,(H,19,21). The third kappa shape index (κ3) is 3.09. The summed E-state index contributed by atoms with van der Waals surface area (Å²) in [6.07, 6.45) is -1.81. The van der Waals surface area contributed by atoms with E-state index >= 15 is 0 Å². The highest BCUT2D eigenvalue weighted by molar-refractivity contribution is 6.10. The lowest BCUT2D eigenvalue weighted by Crippen LogP contribution is -2.39. The van der Waals surface area contributed by atoms with Crippen molar-refractivity contribution >= 4 is 17.4 Å². The predicted molar refractivity (Wildman–Crippen MR) is 71.7 cm³/mol. The summed E-state index contributed by atoms with van der Waals surface area (Å²) in [6, 6.07) is 4.21. The van der Waals surface area contributed by atoms with Gasteiger partial charge in [0.15, 0.2) is 0 Å². The molecule has 1 aromatic carbocycles. The van der Waals surface area contributed by atoms with Gasteiger partial charge in [0.05, 0.1) is 5.56 Å². The van der Waals surface area contributed by atoms with Crippen molar-refractivity contribution in [1.82, 2.24) is 0 Å². The van der Waals surface area contributed by atoms with Gasteiger partial charge >= 0.3 is 6.18 Å². The van der Waals surface area contributed by atoms with Gasteiger partial charge in [-0.3, -0.25) is 9.59 Å². The molecule has 0 radical (unpaired) electrons. The molecule has 1 aliphatic rings. The summed E-state index contributed by atoms with van der Waals surface area (Å²) in [5.41, 5.74) is -1.54. The highest BCUT2D eigenvalue weighted by atomic mass is 19.4. The Balaban J connectivity index is 2.14. The first-order valence-corrected chi connectivity index (χ1v) is 6.75. The quantitative estimate of drug-likeness (QED) is 0.863. The van der Waals surface area contributed by atoms with E-state index in [9.17, 15) is 22.8 Å². The molecule has 1 aromatic rings. The number of nitrogens with one attached hydrogen (secondary N) is 1. The Morgan fingerprint density at radius 3 is 2.05 bits per heavy atom. The van der Waals surface area contributed by atoms with Crippen LogP contribution in [-0.4, -0.2) is 11.7 Å². The van der Waals surface area contributed by atoms with E-state index in [-0.39, 0.29) is 11.5 Å². The Hall–Kier alpha value is -1.85. The molecule has 0 bridgehead atoms. The smallest absolute Gasteiger partial charge is 0.325 e. The number of carbonyl (C=O) groups excluding carboxylic acids is 2. The summed E-state index contributed by atoms with van der Waals surface area (Å²) < 4.78 is 37.4. The van der Waals surface area contributed by atoms with Crippen LogP contribution in [0.2, 0.25) is 0 Å². The van der Waals surface area contributed by atoms with Gasteiger partial charge in [0.25, 0.3) is 0 Å². The van der Waals surface area contributed by atoms with E-state index < -0.39 is 23.1 Å². The van der Waals surface area contributed by atoms with Crippen molar-refractivity contribution in [2.45, 2.75) is 38.8 Å². The van der Waals surface area contributed by atoms with Gasteiger partial charge in [0, 0.05) is 5.69 Å². The molecule has 1 fully saturated rings. The molecular weight excluding hydrogens is 283 g/mol. The van der Waals surface area contributed by atoms with E-state index in [1.165, 1.54) is 19.1 Å². The van der Waals surface area contributed by atoms with Crippen molar-refractivity contribution in [2.75, 3.05) is 5.32 Å². The molecule has 114 valence electrons. The lowest BCUT2D eigenvalue weighted by molar-refractivity contribution is -0.138. The number of hydrogen-bond donors (Lipinski definition) is 1. The molecule has 0 aliphatic heterocycles. The number of anilines is 1. The van der Waals surface area contributed by atoms with Crippen LogP contribution >= 0.6 is 0 Å². The number of ketones is 1. The predicted octanol–water partition coefficient (Wildman–Crippen LogP) is 3.79. The zero-order valence-electron chi connectivity index (χ0n) is 11.6. The second-order valence-corrected chi connectivity index (χ2v) is 5.37. The van der Waals surface area contributed by atoms with Gasteiger partial charge in [-0.2, -0.15) is 13.2 Å². The van der Waals surface area contributed by atoms with Crippen LogP contribution in [-0.2, 0) is 15.8 Å². The maximum atomic E-state index is 12.5. The zero-order valence-corrected chi connectivity index (χ0v) is 11.6. The van der Waals surface area contributed by atoms with Crippen molar-refractivity contribution < 1.29 is 22.8 Å². The van der Waals surface area contributed by atoms with Gasteiger partial charge in [0.1, 0.15) is 11.2 Å². The minimum Gasteiger partial charge on any atom is -0.325 e. The minimum absolute atomic E-state index is 0.190. The summed E-state index contributed by atoms with van der Waals surface area (Å²) in [5, 5.41) is 2.56. The van der Waals surface area contributed by atoms with Gasteiger partial charge in [-0.25, -0.2) is 0 Å². The fraction of sp³-hybridized carbons (Fsp3) is 0.467.